The molecule has 0 spiro atoms. The van der Waals surface area contributed by atoms with Crippen LogP contribution in [0.3, 0.4) is 0 Å². The summed E-state index contributed by atoms with van der Waals surface area (Å²) < 4.78 is 0. The van der Waals surface area contributed by atoms with Crippen LogP contribution in [0.25, 0.3) is 0 Å². The Kier molecular flexibility index (Phi) is 4.15. The number of aryl methyl sites for hydroxylation is 2. The topological polar surface area (TPSA) is 52.6 Å². The zero-order valence-corrected chi connectivity index (χ0v) is 12.6. The van der Waals surface area contributed by atoms with Gasteiger partial charge in [0.25, 0.3) is 0 Å². The van der Waals surface area contributed by atoms with E-state index in [2.05, 4.69) is 35.3 Å². The third-order valence-corrected chi connectivity index (χ3v) is 4.45. The van der Waals surface area contributed by atoms with Gasteiger partial charge in [0.1, 0.15) is 6.04 Å². The van der Waals surface area contributed by atoms with E-state index in [0.717, 1.165) is 38.8 Å². The normalized spacial score (nSPS) is 19.2. The molecule has 3 rings (SSSR count). The van der Waals surface area contributed by atoms with Gasteiger partial charge in [-0.2, -0.15) is 0 Å². The monoisotopic (exact) mass is 288 g/mol. The highest BCUT2D eigenvalue weighted by Crippen LogP contribution is 2.28. The molecule has 0 amide bonds. The first-order valence-electron chi connectivity index (χ1n) is 7.97. The first-order chi connectivity index (χ1) is 10.1. The van der Waals surface area contributed by atoms with E-state index in [0.29, 0.717) is 12.5 Å². The van der Waals surface area contributed by atoms with Crippen molar-refractivity contribution in [2.75, 3.05) is 18.0 Å². The van der Waals surface area contributed by atoms with Crippen molar-refractivity contribution in [2.24, 2.45) is 0 Å². The molecule has 1 aliphatic carbocycles. The Morgan fingerprint density at radius 1 is 1.48 bits per heavy atom. The number of anilines is 1. The van der Waals surface area contributed by atoms with Crippen molar-refractivity contribution in [1.82, 2.24) is 5.32 Å². The highest BCUT2D eigenvalue weighted by molar-refractivity contribution is 5.73. The fourth-order valence-electron chi connectivity index (χ4n) is 3.13. The molecule has 1 atom stereocenters. The molecular weight excluding hydrogens is 264 g/mol. The van der Waals surface area contributed by atoms with Gasteiger partial charge in [-0.05, 0) is 50.7 Å². The van der Waals surface area contributed by atoms with Crippen LogP contribution in [0, 0.1) is 6.92 Å². The summed E-state index contributed by atoms with van der Waals surface area (Å²) in [6, 6.07) is 6.62. The zero-order chi connectivity index (χ0) is 14.8. The maximum atomic E-state index is 11.3. The lowest BCUT2D eigenvalue weighted by Crippen LogP contribution is -2.42. The minimum atomic E-state index is -0.719. The highest BCUT2D eigenvalue weighted by Gasteiger charge is 2.28. The molecule has 0 radical (unpaired) electrons. The molecule has 1 unspecified atom stereocenters. The molecular formula is C17H24N2O2. The number of rotatable bonds is 6. The first kappa shape index (κ1) is 14.4. The van der Waals surface area contributed by atoms with Gasteiger partial charge in [0.05, 0.1) is 0 Å². The van der Waals surface area contributed by atoms with E-state index in [-0.39, 0.29) is 0 Å². The molecule has 1 heterocycles. The van der Waals surface area contributed by atoms with Crippen molar-refractivity contribution in [3.8, 4) is 0 Å². The van der Waals surface area contributed by atoms with E-state index in [1.807, 2.05) is 0 Å². The third kappa shape index (κ3) is 3.56. The minimum Gasteiger partial charge on any atom is -0.480 e. The van der Waals surface area contributed by atoms with Crippen LogP contribution in [0.15, 0.2) is 18.2 Å². The predicted molar refractivity (Wildman–Crippen MR) is 83.9 cm³/mol. The van der Waals surface area contributed by atoms with Gasteiger partial charge in [0, 0.05) is 24.8 Å². The number of carboxylic acids is 1. The van der Waals surface area contributed by atoms with Gasteiger partial charge in [-0.1, -0.05) is 17.7 Å². The number of hydrogen-bond donors (Lipinski definition) is 2. The Hall–Kier alpha value is -1.55. The Bertz CT molecular complexity index is 526. The Balaban J connectivity index is 1.64. The molecule has 1 aliphatic heterocycles. The van der Waals surface area contributed by atoms with Gasteiger partial charge < -0.3 is 15.3 Å². The van der Waals surface area contributed by atoms with Crippen molar-refractivity contribution in [3.63, 3.8) is 0 Å². The molecule has 4 heteroatoms. The smallest absolute Gasteiger partial charge is 0.320 e. The Labute approximate surface area is 126 Å². The molecule has 1 aromatic rings. The zero-order valence-electron chi connectivity index (χ0n) is 12.6. The maximum absolute atomic E-state index is 11.3. The van der Waals surface area contributed by atoms with Crippen molar-refractivity contribution < 1.29 is 9.90 Å². The number of fused-ring (bicyclic) bond motifs is 1. The quantitative estimate of drug-likeness (QED) is 0.843. The van der Waals surface area contributed by atoms with Crippen molar-refractivity contribution >= 4 is 11.7 Å². The van der Waals surface area contributed by atoms with Crippen LogP contribution in [-0.2, 0) is 11.2 Å². The maximum Gasteiger partial charge on any atom is 0.320 e. The summed E-state index contributed by atoms with van der Waals surface area (Å²) in [4.78, 5) is 13.7. The summed E-state index contributed by atoms with van der Waals surface area (Å²) in [5.74, 6) is -0.719. The van der Waals surface area contributed by atoms with Crippen LogP contribution >= 0.6 is 0 Å². The summed E-state index contributed by atoms with van der Waals surface area (Å²) in [7, 11) is 0. The molecule has 21 heavy (non-hydrogen) atoms. The lowest BCUT2D eigenvalue weighted by atomic mass is 9.99. The third-order valence-electron chi connectivity index (χ3n) is 4.45. The molecule has 0 aromatic heterocycles. The van der Waals surface area contributed by atoms with Crippen LogP contribution in [0.4, 0.5) is 5.69 Å². The summed E-state index contributed by atoms with van der Waals surface area (Å²) in [6.45, 7) is 3.97. The van der Waals surface area contributed by atoms with E-state index in [9.17, 15) is 9.90 Å². The van der Waals surface area contributed by atoms with Crippen LogP contribution in [0.2, 0.25) is 0 Å². The van der Waals surface area contributed by atoms with Crippen LogP contribution in [0.5, 0.6) is 0 Å². The number of carbonyl (C=O) groups is 1. The SMILES string of the molecule is Cc1ccc2c(c1)CCCN2CCC(NC1CC1)C(=O)O. The van der Waals surface area contributed by atoms with Gasteiger partial charge in [-0.15, -0.1) is 0 Å². The molecule has 4 nitrogen and oxygen atoms in total. The van der Waals surface area contributed by atoms with Crippen LogP contribution < -0.4 is 10.2 Å². The summed E-state index contributed by atoms with van der Waals surface area (Å²) >= 11 is 0. The summed E-state index contributed by atoms with van der Waals surface area (Å²) in [5.41, 5.74) is 4.00. The van der Waals surface area contributed by atoms with E-state index < -0.39 is 12.0 Å². The molecule has 0 saturated heterocycles. The fourth-order valence-corrected chi connectivity index (χ4v) is 3.13. The second-order valence-corrected chi connectivity index (χ2v) is 6.34. The molecule has 2 aliphatic rings. The van der Waals surface area contributed by atoms with Crippen molar-refractivity contribution in [1.29, 1.82) is 0 Å². The lowest BCUT2D eigenvalue weighted by molar-refractivity contribution is -0.139. The number of nitrogens with one attached hydrogen (secondary N) is 1. The van der Waals surface area contributed by atoms with E-state index in [4.69, 9.17) is 0 Å². The van der Waals surface area contributed by atoms with Gasteiger partial charge in [-0.25, -0.2) is 0 Å². The molecule has 1 fully saturated rings. The average molecular weight is 288 g/mol. The molecule has 2 N–H and O–H groups in total. The lowest BCUT2D eigenvalue weighted by Gasteiger charge is -2.32. The van der Waals surface area contributed by atoms with E-state index >= 15 is 0 Å². The minimum absolute atomic E-state index is 0.409. The largest absolute Gasteiger partial charge is 0.480 e. The van der Waals surface area contributed by atoms with Crippen LogP contribution in [-0.4, -0.2) is 36.2 Å². The van der Waals surface area contributed by atoms with Crippen LogP contribution in [0.1, 0.15) is 36.8 Å². The predicted octanol–water partition coefficient (Wildman–Crippen LogP) is 2.34. The summed E-state index contributed by atoms with van der Waals surface area (Å²) in [5, 5.41) is 12.6. The second kappa shape index (κ2) is 6.06. The Morgan fingerprint density at radius 2 is 2.29 bits per heavy atom. The fraction of sp³-hybridized carbons (Fsp3) is 0.588. The van der Waals surface area contributed by atoms with Gasteiger partial charge in [-0.3, -0.25) is 4.79 Å². The van der Waals surface area contributed by atoms with E-state index in [1.165, 1.54) is 16.8 Å². The van der Waals surface area contributed by atoms with Gasteiger partial charge in [0.2, 0.25) is 0 Å². The number of aliphatic carboxylic acids is 1. The number of hydrogen-bond acceptors (Lipinski definition) is 3. The number of benzene rings is 1. The highest BCUT2D eigenvalue weighted by atomic mass is 16.4. The molecule has 0 bridgehead atoms. The molecule has 1 saturated carbocycles. The van der Waals surface area contributed by atoms with Gasteiger partial charge >= 0.3 is 5.97 Å². The van der Waals surface area contributed by atoms with Gasteiger partial charge in [0.15, 0.2) is 0 Å². The van der Waals surface area contributed by atoms with E-state index in [1.54, 1.807) is 0 Å². The number of nitrogens with zero attached hydrogens (tertiary/aromatic N) is 1. The van der Waals surface area contributed by atoms with Crippen molar-refractivity contribution in [2.45, 2.75) is 51.1 Å². The first-order valence-corrected chi connectivity index (χ1v) is 7.97. The summed E-state index contributed by atoms with van der Waals surface area (Å²) in [6.07, 6.45) is 5.20. The molecule has 1 aromatic carbocycles. The Morgan fingerprint density at radius 3 is 3.00 bits per heavy atom. The average Bonchev–Trinajstić information content (AvgIpc) is 3.26. The second-order valence-electron chi connectivity index (χ2n) is 6.34. The van der Waals surface area contributed by atoms with Crippen molar-refractivity contribution in [3.05, 3.63) is 29.3 Å². The molecule has 114 valence electrons. The number of carboxylic acid groups (broad SMARTS) is 1. The standard InChI is InChI=1S/C17H24N2O2/c1-12-4-7-16-13(11-12)3-2-9-19(16)10-8-15(17(20)21)18-14-5-6-14/h4,7,11,14-15,18H,2-3,5-6,8-10H2,1H3,(H,20,21).